The Morgan fingerprint density at radius 1 is 1.04 bits per heavy atom. The van der Waals surface area contributed by atoms with Crippen LogP contribution in [0, 0.1) is 0 Å². The van der Waals surface area contributed by atoms with Gasteiger partial charge in [-0.3, -0.25) is 4.98 Å². The molecule has 120 valence electrons. The van der Waals surface area contributed by atoms with Crippen LogP contribution >= 0.6 is 0 Å². The van der Waals surface area contributed by atoms with Crippen LogP contribution in [0.2, 0.25) is 0 Å². The van der Waals surface area contributed by atoms with Gasteiger partial charge in [-0.2, -0.15) is 0 Å². The number of carbonyl (C=O) groups is 1. The Bertz CT molecular complexity index is 794. The number of pyridine rings is 2. The fourth-order valence-electron chi connectivity index (χ4n) is 2.03. The molecular formula is C18H16N4O2. The van der Waals surface area contributed by atoms with E-state index in [1.54, 1.807) is 48.9 Å². The van der Waals surface area contributed by atoms with Crippen molar-refractivity contribution in [3.8, 4) is 11.6 Å². The largest absolute Gasteiger partial charge is 0.439 e. The van der Waals surface area contributed by atoms with E-state index in [4.69, 9.17) is 4.74 Å². The van der Waals surface area contributed by atoms with E-state index in [1.165, 1.54) is 0 Å². The number of rotatable bonds is 5. The van der Waals surface area contributed by atoms with E-state index in [2.05, 4.69) is 20.6 Å². The number of amides is 2. The first kappa shape index (κ1) is 15.5. The van der Waals surface area contributed by atoms with Gasteiger partial charge in [-0.25, -0.2) is 9.78 Å². The molecule has 0 aliphatic carbocycles. The van der Waals surface area contributed by atoms with Crippen molar-refractivity contribution < 1.29 is 9.53 Å². The van der Waals surface area contributed by atoms with Crippen molar-refractivity contribution in [1.82, 2.24) is 15.3 Å². The third-order valence-corrected chi connectivity index (χ3v) is 3.13. The molecule has 2 aromatic heterocycles. The van der Waals surface area contributed by atoms with E-state index < -0.39 is 0 Å². The van der Waals surface area contributed by atoms with Crippen molar-refractivity contribution in [2.45, 2.75) is 6.54 Å². The van der Waals surface area contributed by atoms with Gasteiger partial charge in [-0.15, -0.1) is 0 Å². The Labute approximate surface area is 139 Å². The van der Waals surface area contributed by atoms with E-state index in [1.807, 2.05) is 24.3 Å². The molecule has 3 aromatic rings. The Morgan fingerprint density at radius 2 is 2.00 bits per heavy atom. The molecule has 0 aliphatic rings. The lowest BCUT2D eigenvalue weighted by Crippen LogP contribution is -2.28. The second-order valence-corrected chi connectivity index (χ2v) is 4.97. The summed E-state index contributed by atoms with van der Waals surface area (Å²) in [5, 5.41) is 5.54. The maximum Gasteiger partial charge on any atom is 0.319 e. The number of hydrogen-bond donors (Lipinski definition) is 2. The summed E-state index contributed by atoms with van der Waals surface area (Å²) in [5.41, 5.74) is 1.56. The van der Waals surface area contributed by atoms with E-state index in [0.29, 0.717) is 23.9 Å². The molecule has 2 heterocycles. The van der Waals surface area contributed by atoms with Crippen LogP contribution in [0.3, 0.4) is 0 Å². The second-order valence-electron chi connectivity index (χ2n) is 4.97. The predicted octanol–water partition coefficient (Wildman–Crippen LogP) is 3.59. The van der Waals surface area contributed by atoms with Gasteiger partial charge in [0.15, 0.2) is 0 Å². The summed E-state index contributed by atoms with van der Waals surface area (Å²) in [6, 6.07) is 16.0. The van der Waals surface area contributed by atoms with Crippen LogP contribution in [-0.2, 0) is 6.54 Å². The zero-order chi connectivity index (χ0) is 16.6. The average Bonchev–Trinajstić information content (AvgIpc) is 2.62. The van der Waals surface area contributed by atoms with Crippen molar-refractivity contribution in [2.75, 3.05) is 5.32 Å². The number of hydrogen-bond acceptors (Lipinski definition) is 4. The van der Waals surface area contributed by atoms with Gasteiger partial charge in [0, 0.05) is 43.0 Å². The van der Waals surface area contributed by atoms with Gasteiger partial charge in [0.25, 0.3) is 0 Å². The molecule has 0 bridgehead atoms. The molecule has 0 aliphatic heterocycles. The maximum absolute atomic E-state index is 12.0. The molecule has 2 N–H and O–H groups in total. The van der Waals surface area contributed by atoms with E-state index in [9.17, 15) is 4.79 Å². The summed E-state index contributed by atoms with van der Waals surface area (Å²) in [5.74, 6) is 1.09. The highest BCUT2D eigenvalue weighted by Gasteiger charge is 2.04. The second kappa shape index (κ2) is 7.73. The number of urea groups is 1. The number of anilines is 1. The number of aromatic nitrogens is 2. The smallest absolute Gasteiger partial charge is 0.319 e. The average molecular weight is 320 g/mol. The molecule has 1 aromatic carbocycles. The lowest BCUT2D eigenvalue weighted by Gasteiger charge is -2.09. The first-order valence-electron chi connectivity index (χ1n) is 7.42. The van der Waals surface area contributed by atoms with Crippen LogP contribution in [0.1, 0.15) is 5.56 Å². The molecule has 0 atom stereocenters. The van der Waals surface area contributed by atoms with Crippen molar-refractivity contribution in [2.24, 2.45) is 0 Å². The highest BCUT2D eigenvalue weighted by molar-refractivity contribution is 5.89. The van der Waals surface area contributed by atoms with Crippen molar-refractivity contribution in [3.63, 3.8) is 0 Å². The van der Waals surface area contributed by atoms with Gasteiger partial charge < -0.3 is 15.4 Å². The highest BCUT2D eigenvalue weighted by atomic mass is 16.5. The van der Waals surface area contributed by atoms with Crippen molar-refractivity contribution >= 4 is 11.7 Å². The Kier molecular flexibility index (Phi) is 4.99. The number of nitrogens with zero attached hydrogens (tertiary/aromatic N) is 2. The quantitative estimate of drug-likeness (QED) is 0.753. The summed E-state index contributed by atoms with van der Waals surface area (Å²) in [7, 11) is 0. The first-order valence-corrected chi connectivity index (χ1v) is 7.42. The van der Waals surface area contributed by atoms with Gasteiger partial charge in [0.05, 0.1) is 0 Å². The van der Waals surface area contributed by atoms with Crippen molar-refractivity contribution in [1.29, 1.82) is 0 Å². The van der Waals surface area contributed by atoms with Gasteiger partial charge >= 0.3 is 6.03 Å². The Hall–Kier alpha value is -3.41. The Morgan fingerprint density at radius 3 is 2.79 bits per heavy atom. The zero-order valence-corrected chi connectivity index (χ0v) is 12.8. The molecule has 6 heteroatoms. The minimum atomic E-state index is -0.297. The molecular weight excluding hydrogens is 304 g/mol. The predicted molar refractivity (Wildman–Crippen MR) is 90.8 cm³/mol. The van der Waals surface area contributed by atoms with Gasteiger partial charge in [-0.05, 0) is 29.8 Å². The van der Waals surface area contributed by atoms with Crippen molar-refractivity contribution in [3.05, 3.63) is 78.8 Å². The maximum atomic E-state index is 12.0. The van der Waals surface area contributed by atoms with Crippen LogP contribution < -0.4 is 15.4 Å². The number of nitrogens with one attached hydrogen (secondary N) is 2. The molecule has 0 saturated heterocycles. The molecule has 24 heavy (non-hydrogen) atoms. The molecule has 3 rings (SSSR count). The summed E-state index contributed by atoms with van der Waals surface area (Å²) in [4.78, 5) is 20.1. The van der Waals surface area contributed by atoms with Crippen LogP contribution in [0.5, 0.6) is 11.6 Å². The van der Waals surface area contributed by atoms with Crippen LogP contribution in [-0.4, -0.2) is 16.0 Å². The number of benzene rings is 1. The monoisotopic (exact) mass is 320 g/mol. The number of carbonyl (C=O) groups excluding carboxylic acids is 1. The zero-order valence-electron chi connectivity index (χ0n) is 12.8. The molecule has 6 nitrogen and oxygen atoms in total. The molecule has 0 spiro atoms. The minimum absolute atomic E-state index is 0.297. The summed E-state index contributed by atoms with van der Waals surface area (Å²) >= 11 is 0. The fraction of sp³-hybridized carbons (Fsp3) is 0.0556. The molecule has 0 fully saturated rings. The minimum Gasteiger partial charge on any atom is -0.439 e. The molecule has 0 radical (unpaired) electrons. The Balaban J connectivity index is 1.57. The molecule has 0 unspecified atom stereocenters. The van der Waals surface area contributed by atoms with Gasteiger partial charge in [0.1, 0.15) is 5.75 Å². The normalized spacial score (nSPS) is 10.0. The summed E-state index contributed by atoms with van der Waals surface area (Å²) in [6.07, 6.45) is 5.06. The van der Waals surface area contributed by atoms with Gasteiger partial charge in [-0.1, -0.05) is 18.2 Å². The topological polar surface area (TPSA) is 76.1 Å². The van der Waals surface area contributed by atoms with E-state index in [0.717, 1.165) is 5.56 Å². The lowest BCUT2D eigenvalue weighted by molar-refractivity contribution is 0.251. The third-order valence-electron chi connectivity index (χ3n) is 3.13. The van der Waals surface area contributed by atoms with Crippen LogP contribution in [0.25, 0.3) is 0 Å². The van der Waals surface area contributed by atoms with Crippen LogP contribution in [0.15, 0.2) is 73.2 Å². The SMILES string of the molecule is O=C(NCc1cccnc1)Nc1cccc(Oc2ccccn2)c1. The summed E-state index contributed by atoms with van der Waals surface area (Å²) < 4.78 is 5.64. The first-order chi connectivity index (χ1) is 11.8. The standard InChI is InChI=1S/C18H16N4O2/c23-18(21-13-14-5-4-9-19-12-14)22-15-6-3-7-16(11-15)24-17-8-1-2-10-20-17/h1-12H,13H2,(H2,21,22,23). The molecule has 0 saturated carbocycles. The highest BCUT2D eigenvalue weighted by Crippen LogP contribution is 2.22. The van der Waals surface area contributed by atoms with E-state index in [-0.39, 0.29) is 6.03 Å². The molecule has 2 amide bonds. The van der Waals surface area contributed by atoms with Gasteiger partial charge in [0.2, 0.25) is 5.88 Å². The lowest BCUT2D eigenvalue weighted by atomic mass is 10.3. The van der Waals surface area contributed by atoms with Crippen LogP contribution in [0.4, 0.5) is 10.5 Å². The number of ether oxygens (including phenoxy) is 1. The summed E-state index contributed by atoms with van der Waals surface area (Å²) in [6.45, 7) is 0.407. The third kappa shape index (κ3) is 4.54. The van der Waals surface area contributed by atoms with E-state index >= 15 is 0 Å². The fourth-order valence-corrected chi connectivity index (χ4v) is 2.03.